The molecule has 3 heteroatoms. The molecular weight excluding hydrogens is 246 g/mol. The van der Waals surface area contributed by atoms with Crippen LogP contribution in [0.2, 0.25) is 0 Å². The Kier molecular flexibility index (Phi) is 3.18. The van der Waals surface area contributed by atoms with Gasteiger partial charge in [-0.15, -0.1) is 0 Å². The van der Waals surface area contributed by atoms with Gasteiger partial charge in [-0.05, 0) is 30.5 Å². The molecule has 0 aromatic heterocycles. The van der Waals surface area contributed by atoms with E-state index in [4.69, 9.17) is 11.1 Å². The van der Waals surface area contributed by atoms with Crippen LogP contribution in [0.3, 0.4) is 0 Å². The van der Waals surface area contributed by atoms with Crippen LogP contribution in [0.25, 0.3) is 0 Å². The SMILES string of the molecule is CC1Cc2ccccc2N1Cc1ccc(C(=N)N)cc1. The number of fused-ring (bicyclic) bond motifs is 1. The van der Waals surface area contributed by atoms with Gasteiger partial charge < -0.3 is 10.6 Å². The third-order valence-electron chi connectivity index (χ3n) is 3.97. The van der Waals surface area contributed by atoms with E-state index in [2.05, 4.69) is 48.2 Å². The number of nitrogens with zero attached hydrogens (tertiary/aromatic N) is 1. The fourth-order valence-corrected chi connectivity index (χ4v) is 2.86. The van der Waals surface area contributed by atoms with E-state index >= 15 is 0 Å². The van der Waals surface area contributed by atoms with Crippen molar-refractivity contribution in [3.05, 3.63) is 65.2 Å². The molecule has 1 atom stereocenters. The van der Waals surface area contributed by atoms with Gasteiger partial charge in [0.15, 0.2) is 0 Å². The summed E-state index contributed by atoms with van der Waals surface area (Å²) in [4.78, 5) is 2.44. The molecule has 0 spiro atoms. The number of amidine groups is 1. The van der Waals surface area contributed by atoms with E-state index in [0.29, 0.717) is 6.04 Å². The number of nitrogens with two attached hydrogens (primary N) is 1. The van der Waals surface area contributed by atoms with Gasteiger partial charge >= 0.3 is 0 Å². The maximum atomic E-state index is 7.43. The van der Waals surface area contributed by atoms with Crippen molar-refractivity contribution in [3.8, 4) is 0 Å². The molecule has 0 bridgehead atoms. The zero-order valence-electron chi connectivity index (χ0n) is 11.6. The van der Waals surface area contributed by atoms with Crippen molar-refractivity contribution in [1.29, 1.82) is 5.41 Å². The molecule has 1 aliphatic rings. The van der Waals surface area contributed by atoms with Crippen LogP contribution in [0.5, 0.6) is 0 Å². The number of hydrogen-bond donors (Lipinski definition) is 2. The Morgan fingerprint density at radius 2 is 1.90 bits per heavy atom. The number of para-hydroxylation sites is 1. The molecule has 1 unspecified atom stereocenters. The number of hydrogen-bond acceptors (Lipinski definition) is 2. The second kappa shape index (κ2) is 5.00. The maximum absolute atomic E-state index is 7.43. The van der Waals surface area contributed by atoms with E-state index in [1.54, 1.807) is 0 Å². The molecule has 1 heterocycles. The summed E-state index contributed by atoms with van der Waals surface area (Å²) >= 11 is 0. The summed E-state index contributed by atoms with van der Waals surface area (Å²) < 4.78 is 0. The Balaban J connectivity index is 1.82. The largest absolute Gasteiger partial charge is 0.384 e. The van der Waals surface area contributed by atoms with E-state index in [9.17, 15) is 0 Å². The number of benzene rings is 2. The van der Waals surface area contributed by atoms with Crippen LogP contribution < -0.4 is 10.6 Å². The molecule has 20 heavy (non-hydrogen) atoms. The fraction of sp³-hybridized carbons (Fsp3) is 0.235. The zero-order chi connectivity index (χ0) is 14.1. The highest BCUT2D eigenvalue weighted by Gasteiger charge is 2.25. The smallest absolute Gasteiger partial charge is 0.122 e. The lowest BCUT2D eigenvalue weighted by Crippen LogP contribution is -2.28. The molecular formula is C17H19N3. The van der Waals surface area contributed by atoms with Crippen LogP contribution in [0.4, 0.5) is 5.69 Å². The Labute approximate surface area is 119 Å². The van der Waals surface area contributed by atoms with Crippen molar-refractivity contribution >= 4 is 11.5 Å². The first-order chi connectivity index (χ1) is 9.65. The van der Waals surface area contributed by atoms with Crippen LogP contribution in [-0.2, 0) is 13.0 Å². The van der Waals surface area contributed by atoms with Crippen LogP contribution in [0, 0.1) is 5.41 Å². The monoisotopic (exact) mass is 265 g/mol. The van der Waals surface area contributed by atoms with Gasteiger partial charge in [0.25, 0.3) is 0 Å². The number of nitrogen functional groups attached to an aromatic ring is 1. The first-order valence-corrected chi connectivity index (χ1v) is 6.93. The summed E-state index contributed by atoms with van der Waals surface area (Å²) in [6, 6.07) is 17.1. The summed E-state index contributed by atoms with van der Waals surface area (Å²) in [6.45, 7) is 3.17. The topological polar surface area (TPSA) is 53.1 Å². The quantitative estimate of drug-likeness (QED) is 0.662. The van der Waals surface area contributed by atoms with Gasteiger partial charge in [0.1, 0.15) is 5.84 Å². The molecule has 3 N–H and O–H groups in total. The molecule has 0 saturated carbocycles. The summed E-state index contributed by atoms with van der Waals surface area (Å²) in [5.74, 6) is 0.122. The second-order valence-corrected chi connectivity index (χ2v) is 5.42. The molecule has 0 aliphatic carbocycles. The van der Waals surface area contributed by atoms with Gasteiger partial charge in [0.05, 0.1) is 0 Å². The van der Waals surface area contributed by atoms with Crippen molar-refractivity contribution in [1.82, 2.24) is 0 Å². The third-order valence-corrected chi connectivity index (χ3v) is 3.97. The van der Waals surface area contributed by atoms with Crippen molar-refractivity contribution in [3.63, 3.8) is 0 Å². The van der Waals surface area contributed by atoms with Crippen LogP contribution in [0.1, 0.15) is 23.6 Å². The molecule has 2 aromatic rings. The van der Waals surface area contributed by atoms with Crippen LogP contribution in [-0.4, -0.2) is 11.9 Å². The van der Waals surface area contributed by atoms with Gasteiger partial charge in [-0.1, -0.05) is 42.5 Å². The highest BCUT2D eigenvalue weighted by Crippen LogP contribution is 2.32. The predicted molar refractivity (Wildman–Crippen MR) is 83.2 cm³/mol. The van der Waals surface area contributed by atoms with Gasteiger partial charge in [-0.25, -0.2) is 0 Å². The highest BCUT2D eigenvalue weighted by atomic mass is 15.2. The molecule has 1 aliphatic heterocycles. The molecule has 2 aromatic carbocycles. The summed E-state index contributed by atoms with van der Waals surface area (Å²) in [7, 11) is 0. The number of rotatable bonds is 3. The van der Waals surface area contributed by atoms with E-state index in [1.807, 2.05) is 12.1 Å². The molecule has 0 radical (unpaired) electrons. The summed E-state index contributed by atoms with van der Waals surface area (Å²) in [6.07, 6.45) is 1.11. The van der Waals surface area contributed by atoms with Crippen molar-refractivity contribution in [2.45, 2.75) is 25.9 Å². The average Bonchev–Trinajstić information content (AvgIpc) is 2.76. The minimum atomic E-state index is 0.122. The maximum Gasteiger partial charge on any atom is 0.122 e. The van der Waals surface area contributed by atoms with Crippen LogP contribution >= 0.6 is 0 Å². The lowest BCUT2D eigenvalue weighted by atomic mass is 10.1. The van der Waals surface area contributed by atoms with Crippen molar-refractivity contribution in [2.24, 2.45) is 5.73 Å². The minimum Gasteiger partial charge on any atom is -0.384 e. The molecule has 3 rings (SSSR count). The van der Waals surface area contributed by atoms with Gasteiger partial charge in [0.2, 0.25) is 0 Å². The van der Waals surface area contributed by atoms with Crippen molar-refractivity contribution < 1.29 is 0 Å². The van der Waals surface area contributed by atoms with E-state index in [-0.39, 0.29) is 5.84 Å². The third kappa shape index (κ3) is 2.27. The van der Waals surface area contributed by atoms with Gasteiger partial charge in [0, 0.05) is 23.8 Å². The Morgan fingerprint density at radius 3 is 2.60 bits per heavy atom. The minimum absolute atomic E-state index is 0.122. The van der Waals surface area contributed by atoms with Crippen LogP contribution in [0.15, 0.2) is 48.5 Å². The molecule has 0 saturated heterocycles. The predicted octanol–water partition coefficient (Wildman–Crippen LogP) is 2.92. The Morgan fingerprint density at radius 1 is 1.20 bits per heavy atom. The molecule has 102 valence electrons. The lowest BCUT2D eigenvalue weighted by Gasteiger charge is -2.25. The molecule has 0 fully saturated rings. The first kappa shape index (κ1) is 12.7. The lowest BCUT2D eigenvalue weighted by molar-refractivity contribution is 0.672. The fourth-order valence-electron chi connectivity index (χ4n) is 2.86. The Hall–Kier alpha value is -2.29. The average molecular weight is 265 g/mol. The highest BCUT2D eigenvalue weighted by molar-refractivity contribution is 5.94. The Bertz CT molecular complexity index is 631. The molecule has 3 nitrogen and oxygen atoms in total. The summed E-state index contributed by atoms with van der Waals surface area (Å²) in [5.41, 5.74) is 10.3. The number of anilines is 1. The first-order valence-electron chi connectivity index (χ1n) is 6.93. The van der Waals surface area contributed by atoms with E-state index < -0.39 is 0 Å². The molecule has 0 amide bonds. The van der Waals surface area contributed by atoms with E-state index in [1.165, 1.54) is 16.8 Å². The zero-order valence-corrected chi connectivity index (χ0v) is 11.6. The van der Waals surface area contributed by atoms with E-state index in [0.717, 1.165) is 18.5 Å². The second-order valence-electron chi connectivity index (χ2n) is 5.42. The van der Waals surface area contributed by atoms with Gasteiger partial charge in [-0.3, -0.25) is 5.41 Å². The standard InChI is InChI=1S/C17H19N3/c1-12-10-15-4-2-3-5-16(15)20(12)11-13-6-8-14(9-7-13)17(18)19/h2-9,12H,10-11H2,1H3,(H3,18,19). The van der Waals surface area contributed by atoms with Crippen molar-refractivity contribution in [2.75, 3.05) is 4.90 Å². The van der Waals surface area contributed by atoms with Gasteiger partial charge in [-0.2, -0.15) is 0 Å². The number of nitrogens with one attached hydrogen (secondary N) is 1. The normalized spacial score (nSPS) is 17.1. The summed E-state index contributed by atoms with van der Waals surface area (Å²) in [5, 5.41) is 7.43.